The predicted molar refractivity (Wildman–Crippen MR) is 88.4 cm³/mol. The molecule has 1 aromatic heterocycles. The SMILES string of the molecule is C[C@@H]1C[C@@H]2OC(=O)[C@H]3CCC[C@H]([C@]1(C)CC(=O)c1ccoc1)[C@]23C. The molecule has 2 saturated carbocycles. The van der Waals surface area contributed by atoms with Crippen molar-refractivity contribution < 1.29 is 18.7 Å². The molecule has 0 spiro atoms. The minimum atomic E-state index is -0.118. The zero-order valence-electron chi connectivity index (χ0n) is 14.7. The number of carbonyl (C=O) groups excluding carboxylic acids is 2. The Morgan fingerprint density at radius 1 is 1.33 bits per heavy atom. The van der Waals surface area contributed by atoms with E-state index >= 15 is 0 Å². The van der Waals surface area contributed by atoms with Crippen LogP contribution in [0.25, 0.3) is 0 Å². The predicted octanol–water partition coefficient (Wildman–Crippen LogP) is 4.25. The summed E-state index contributed by atoms with van der Waals surface area (Å²) in [5, 5.41) is 0. The Morgan fingerprint density at radius 2 is 2.12 bits per heavy atom. The van der Waals surface area contributed by atoms with Crippen molar-refractivity contribution in [3.05, 3.63) is 24.2 Å². The lowest BCUT2D eigenvalue weighted by Crippen LogP contribution is -2.57. The Morgan fingerprint density at radius 3 is 2.83 bits per heavy atom. The molecular formula is C20H26O4. The van der Waals surface area contributed by atoms with Crippen LogP contribution in [-0.2, 0) is 9.53 Å². The molecule has 1 aromatic rings. The van der Waals surface area contributed by atoms with E-state index in [1.807, 2.05) is 0 Å². The second-order valence-corrected chi connectivity index (χ2v) is 8.58. The summed E-state index contributed by atoms with van der Waals surface area (Å²) >= 11 is 0. The van der Waals surface area contributed by atoms with Crippen molar-refractivity contribution in [3.63, 3.8) is 0 Å². The Hall–Kier alpha value is -1.58. The van der Waals surface area contributed by atoms with Crippen molar-refractivity contribution in [1.29, 1.82) is 0 Å². The zero-order valence-corrected chi connectivity index (χ0v) is 14.7. The molecule has 130 valence electrons. The molecule has 1 saturated heterocycles. The van der Waals surface area contributed by atoms with Crippen LogP contribution < -0.4 is 0 Å². The van der Waals surface area contributed by atoms with Gasteiger partial charge in [0.1, 0.15) is 12.4 Å². The third-order valence-electron chi connectivity index (χ3n) is 7.60. The summed E-state index contributed by atoms with van der Waals surface area (Å²) in [5.74, 6) is 0.843. The van der Waals surface area contributed by atoms with Crippen molar-refractivity contribution in [2.75, 3.05) is 0 Å². The molecule has 4 nitrogen and oxygen atoms in total. The first kappa shape index (κ1) is 15.9. The molecule has 4 heteroatoms. The van der Waals surface area contributed by atoms with Gasteiger partial charge in [0, 0.05) is 11.8 Å². The summed E-state index contributed by atoms with van der Waals surface area (Å²) in [6.07, 6.45) is 7.56. The van der Waals surface area contributed by atoms with E-state index < -0.39 is 0 Å². The normalized spacial score (nSPS) is 44.0. The first-order chi connectivity index (χ1) is 11.4. The van der Waals surface area contributed by atoms with E-state index in [-0.39, 0.29) is 34.6 Å². The average Bonchev–Trinajstić information content (AvgIpc) is 3.14. The van der Waals surface area contributed by atoms with Gasteiger partial charge in [-0.15, -0.1) is 0 Å². The Balaban J connectivity index is 1.70. The average molecular weight is 330 g/mol. The smallest absolute Gasteiger partial charge is 0.309 e. The number of hydrogen-bond acceptors (Lipinski definition) is 4. The van der Waals surface area contributed by atoms with Gasteiger partial charge in [0.05, 0.1) is 17.7 Å². The van der Waals surface area contributed by atoms with E-state index in [0.29, 0.717) is 23.8 Å². The summed E-state index contributed by atoms with van der Waals surface area (Å²) in [6.45, 7) is 6.72. The molecule has 3 aliphatic rings. The molecule has 2 aliphatic carbocycles. The Kier molecular flexibility index (Phi) is 3.45. The number of Topliss-reactive ketones (excluding diaryl/α,β-unsaturated/α-hetero) is 1. The van der Waals surface area contributed by atoms with Gasteiger partial charge in [-0.1, -0.05) is 27.2 Å². The molecule has 0 amide bonds. The van der Waals surface area contributed by atoms with E-state index in [9.17, 15) is 9.59 Å². The quantitative estimate of drug-likeness (QED) is 0.614. The summed E-state index contributed by atoms with van der Waals surface area (Å²) in [4.78, 5) is 25.2. The van der Waals surface area contributed by atoms with E-state index in [1.165, 1.54) is 6.26 Å². The van der Waals surface area contributed by atoms with Crippen LogP contribution in [0.15, 0.2) is 23.0 Å². The molecule has 0 radical (unpaired) electrons. The maximum atomic E-state index is 12.8. The second kappa shape index (κ2) is 5.21. The minimum absolute atomic E-state index is 0.00943. The first-order valence-electron chi connectivity index (χ1n) is 9.13. The summed E-state index contributed by atoms with van der Waals surface area (Å²) in [5.41, 5.74) is 0.432. The van der Waals surface area contributed by atoms with E-state index in [4.69, 9.17) is 9.15 Å². The first-order valence-corrected chi connectivity index (χ1v) is 9.13. The van der Waals surface area contributed by atoms with Gasteiger partial charge in [0.2, 0.25) is 0 Å². The molecule has 0 N–H and O–H groups in total. The van der Waals surface area contributed by atoms with Crippen molar-refractivity contribution >= 4 is 11.8 Å². The summed E-state index contributed by atoms with van der Waals surface area (Å²) in [7, 11) is 0. The van der Waals surface area contributed by atoms with Crippen molar-refractivity contribution in [1.82, 2.24) is 0 Å². The Labute approximate surface area is 142 Å². The fourth-order valence-electron chi connectivity index (χ4n) is 6.01. The monoisotopic (exact) mass is 330 g/mol. The number of esters is 1. The summed E-state index contributed by atoms with van der Waals surface area (Å²) in [6, 6.07) is 1.75. The van der Waals surface area contributed by atoms with Crippen LogP contribution in [0, 0.1) is 28.6 Å². The van der Waals surface area contributed by atoms with Crippen molar-refractivity contribution in [2.45, 2.75) is 59.0 Å². The molecular weight excluding hydrogens is 304 g/mol. The lowest BCUT2D eigenvalue weighted by atomic mass is 9.44. The highest BCUT2D eigenvalue weighted by molar-refractivity contribution is 5.96. The van der Waals surface area contributed by atoms with Gasteiger partial charge in [0.25, 0.3) is 0 Å². The lowest BCUT2D eigenvalue weighted by molar-refractivity contribution is -0.148. The highest BCUT2D eigenvalue weighted by atomic mass is 16.6. The van der Waals surface area contributed by atoms with Gasteiger partial charge in [0.15, 0.2) is 5.78 Å². The van der Waals surface area contributed by atoms with Crippen LogP contribution in [0.4, 0.5) is 0 Å². The number of ketones is 1. The molecule has 2 heterocycles. The van der Waals surface area contributed by atoms with E-state index in [0.717, 1.165) is 25.7 Å². The van der Waals surface area contributed by atoms with Crippen LogP contribution in [0.3, 0.4) is 0 Å². The van der Waals surface area contributed by atoms with E-state index in [1.54, 1.807) is 12.3 Å². The molecule has 0 unspecified atom stereocenters. The second-order valence-electron chi connectivity index (χ2n) is 8.58. The molecule has 6 atom stereocenters. The fraction of sp³-hybridized carbons (Fsp3) is 0.700. The topological polar surface area (TPSA) is 56.5 Å². The summed E-state index contributed by atoms with van der Waals surface area (Å²) < 4.78 is 10.9. The van der Waals surface area contributed by atoms with Gasteiger partial charge in [-0.25, -0.2) is 0 Å². The standard InChI is InChI=1S/C20H26O4/c1-12-9-17-20(3)14(18(22)24-17)5-4-6-16(20)19(12,2)10-15(21)13-7-8-23-11-13/h7-8,11-12,14,16-17H,4-6,9-10H2,1-3H3/t12-,14-,16-,17+,19-,20-/m1/s1. The Bertz CT molecular complexity index is 663. The van der Waals surface area contributed by atoms with Gasteiger partial charge in [-0.3, -0.25) is 9.59 Å². The van der Waals surface area contributed by atoms with E-state index in [2.05, 4.69) is 20.8 Å². The fourth-order valence-corrected chi connectivity index (χ4v) is 6.01. The highest BCUT2D eigenvalue weighted by Gasteiger charge is 2.66. The lowest BCUT2D eigenvalue weighted by Gasteiger charge is -2.58. The third kappa shape index (κ3) is 1.98. The number of hydrogen-bond donors (Lipinski definition) is 0. The van der Waals surface area contributed by atoms with Gasteiger partial charge >= 0.3 is 5.97 Å². The highest BCUT2D eigenvalue weighted by Crippen LogP contribution is 2.66. The molecule has 24 heavy (non-hydrogen) atoms. The maximum absolute atomic E-state index is 12.8. The van der Waals surface area contributed by atoms with Gasteiger partial charge < -0.3 is 9.15 Å². The van der Waals surface area contributed by atoms with Crippen LogP contribution in [-0.4, -0.2) is 17.9 Å². The zero-order chi connectivity index (χ0) is 17.1. The minimum Gasteiger partial charge on any atom is -0.472 e. The van der Waals surface area contributed by atoms with Gasteiger partial charge in [-0.2, -0.15) is 0 Å². The molecule has 0 aromatic carbocycles. The van der Waals surface area contributed by atoms with Crippen molar-refractivity contribution in [3.8, 4) is 0 Å². The van der Waals surface area contributed by atoms with Crippen LogP contribution >= 0.6 is 0 Å². The van der Waals surface area contributed by atoms with Crippen LogP contribution in [0.2, 0.25) is 0 Å². The van der Waals surface area contributed by atoms with Gasteiger partial charge in [-0.05, 0) is 42.6 Å². The number of carbonyl (C=O) groups is 2. The number of furan rings is 1. The third-order valence-corrected chi connectivity index (χ3v) is 7.60. The molecule has 0 bridgehead atoms. The number of rotatable bonds is 3. The molecule has 4 rings (SSSR count). The van der Waals surface area contributed by atoms with Crippen molar-refractivity contribution in [2.24, 2.45) is 28.6 Å². The maximum Gasteiger partial charge on any atom is 0.309 e. The molecule has 1 aliphatic heterocycles. The van der Waals surface area contributed by atoms with Crippen LogP contribution in [0.1, 0.15) is 63.2 Å². The largest absolute Gasteiger partial charge is 0.472 e. The van der Waals surface area contributed by atoms with Crippen LogP contribution in [0.5, 0.6) is 0 Å². The number of ether oxygens (including phenoxy) is 1. The molecule has 3 fully saturated rings.